The third kappa shape index (κ3) is 5.11. The highest BCUT2D eigenvalue weighted by atomic mass is 79.9. The van der Waals surface area contributed by atoms with Crippen LogP contribution in [-0.4, -0.2) is 13.4 Å². The maximum atomic E-state index is 12.8. The van der Waals surface area contributed by atoms with Crippen LogP contribution in [0.1, 0.15) is 0 Å². The second kappa shape index (κ2) is 8.89. The summed E-state index contributed by atoms with van der Waals surface area (Å²) in [6.45, 7) is 0. The van der Waals surface area contributed by atoms with E-state index in [1.807, 2.05) is 0 Å². The largest absolute Gasteiger partial charge is 0.454 e. The van der Waals surface area contributed by atoms with Crippen LogP contribution in [0, 0.1) is 0 Å². The molecule has 8 nitrogen and oxygen atoms in total. The SMILES string of the molecule is [N-]=[N+]=Nc1ncc(S(=O)(=O)Nc2ccccc2Oc2ccc(Cl)cc2Cl)cc1Br. The molecule has 12 heteroatoms. The third-order valence-electron chi connectivity index (χ3n) is 3.49. The number of anilines is 1. The molecule has 2 aromatic carbocycles. The number of benzene rings is 2. The van der Waals surface area contributed by atoms with Gasteiger partial charge in [-0.05, 0) is 63.0 Å². The number of aromatic nitrogens is 1. The molecule has 0 aliphatic rings. The Morgan fingerprint density at radius 3 is 2.59 bits per heavy atom. The molecule has 3 aromatic rings. The van der Waals surface area contributed by atoms with E-state index in [-0.39, 0.29) is 31.6 Å². The minimum atomic E-state index is -4.01. The Hall–Kier alpha value is -2.49. The number of hydrogen-bond acceptors (Lipinski definition) is 5. The number of hydrogen-bond donors (Lipinski definition) is 1. The molecule has 0 aliphatic heterocycles. The molecule has 0 spiro atoms. The summed E-state index contributed by atoms with van der Waals surface area (Å²) in [5.41, 5.74) is 8.68. The fraction of sp³-hybridized carbons (Fsp3) is 0. The lowest BCUT2D eigenvalue weighted by Gasteiger charge is -2.14. The minimum Gasteiger partial charge on any atom is -0.454 e. The van der Waals surface area contributed by atoms with Crippen LogP contribution in [0.15, 0.2) is 69.2 Å². The van der Waals surface area contributed by atoms with Gasteiger partial charge in [0.1, 0.15) is 16.5 Å². The van der Waals surface area contributed by atoms with Crippen LogP contribution < -0.4 is 9.46 Å². The average Bonchev–Trinajstić information content (AvgIpc) is 2.67. The van der Waals surface area contributed by atoms with Gasteiger partial charge in [0.2, 0.25) is 0 Å². The predicted molar refractivity (Wildman–Crippen MR) is 115 cm³/mol. The van der Waals surface area contributed by atoms with E-state index in [1.54, 1.807) is 30.3 Å². The Bertz CT molecular complexity index is 1230. The van der Waals surface area contributed by atoms with Crippen molar-refractivity contribution in [3.05, 3.63) is 79.7 Å². The van der Waals surface area contributed by atoms with Crippen LogP contribution in [0.5, 0.6) is 11.5 Å². The first-order valence-electron chi connectivity index (χ1n) is 7.75. The molecular formula is C17H10BrCl2N5O3S. The van der Waals surface area contributed by atoms with E-state index in [2.05, 4.69) is 35.7 Å². The molecule has 0 aliphatic carbocycles. The molecule has 29 heavy (non-hydrogen) atoms. The van der Waals surface area contributed by atoms with Crippen molar-refractivity contribution in [2.45, 2.75) is 4.90 Å². The van der Waals surface area contributed by atoms with Crippen molar-refractivity contribution < 1.29 is 13.2 Å². The number of rotatable bonds is 6. The van der Waals surface area contributed by atoms with Crippen LogP contribution in [0.4, 0.5) is 11.5 Å². The van der Waals surface area contributed by atoms with Gasteiger partial charge in [-0.3, -0.25) is 9.71 Å². The van der Waals surface area contributed by atoms with E-state index in [4.69, 9.17) is 33.5 Å². The number of nitrogens with one attached hydrogen (secondary N) is 1. The van der Waals surface area contributed by atoms with Crippen molar-refractivity contribution in [2.75, 3.05) is 4.72 Å². The van der Waals surface area contributed by atoms with E-state index in [1.165, 1.54) is 18.2 Å². The molecule has 1 aromatic heterocycles. The summed E-state index contributed by atoms with van der Waals surface area (Å²) in [7, 11) is -4.01. The Balaban J connectivity index is 1.92. The maximum absolute atomic E-state index is 12.8. The number of azide groups is 1. The Morgan fingerprint density at radius 2 is 1.90 bits per heavy atom. The number of halogens is 3. The molecule has 1 heterocycles. The van der Waals surface area contributed by atoms with Gasteiger partial charge in [-0.2, -0.15) is 0 Å². The first-order valence-corrected chi connectivity index (χ1v) is 10.8. The van der Waals surface area contributed by atoms with Gasteiger partial charge in [0.25, 0.3) is 10.0 Å². The smallest absolute Gasteiger partial charge is 0.263 e. The normalized spacial score (nSPS) is 10.9. The minimum absolute atomic E-state index is 0.0209. The summed E-state index contributed by atoms with van der Waals surface area (Å²) in [6, 6.07) is 12.4. The van der Waals surface area contributed by atoms with E-state index in [0.29, 0.717) is 10.8 Å². The summed E-state index contributed by atoms with van der Waals surface area (Å²) in [4.78, 5) is 6.32. The highest BCUT2D eigenvalue weighted by molar-refractivity contribution is 9.10. The summed E-state index contributed by atoms with van der Waals surface area (Å²) >= 11 is 15.1. The molecule has 0 unspecified atom stereocenters. The summed E-state index contributed by atoms with van der Waals surface area (Å²) in [6.07, 6.45) is 1.08. The van der Waals surface area contributed by atoms with Gasteiger partial charge in [-0.1, -0.05) is 35.3 Å². The molecule has 0 fully saturated rings. The molecule has 0 saturated heterocycles. The van der Waals surface area contributed by atoms with E-state index < -0.39 is 10.0 Å². The van der Waals surface area contributed by atoms with Crippen molar-refractivity contribution in [1.29, 1.82) is 0 Å². The molecule has 0 radical (unpaired) electrons. The lowest BCUT2D eigenvalue weighted by molar-refractivity contribution is 0.485. The zero-order chi connectivity index (χ0) is 21.0. The lowest BCUT2D eigenvalue weighted by Crippen LogP contribution is -2.14. The molecule has 0 bridgehead atoms. The maximum Gasteiger partial charge on any atom is 0.263 e. The van der Waals surface area contributed by atoms with Crippen LogP contribution in [0.2, 0.25) is 10.0 Å². The fourth-order valence-corrected chi connectivity index (χ4v) is 4.26. The molecule has 0 amide bonds. The fourth-order valence-electron chi connectivity index (χ4n) is 2.20. The van der Waals surface area contributed by atoms with Crippen LogP contribution in [-0.2, 0) is 10.0 Å². The highest BCUT2D eigenvalue weighted by Gasteiger charge is 2.19. The molecule has 3 rings (SSSR count). The van der Waals surface area contributed by atoms with E-state index >= 15 is 0 Å². The summed E-state index contributed by atoms with van der Waals surface area (Å²) < 4.78 is 34.0. The van der Waals surface area contributed by atoms with Gasteiger partial charge in [0, 0.05) is 20.6 Å². The summed E-state index contributed by atoms with van der Waals surface area (Å²) in [5, 5.41) is 4.07. The van der Waals surface area contributed by atoms with Crippen molar-refractivity contribution in [1.82, 2.24) is 4.98 Å². The third-order valence-corrected chi connectivity index (χ3v) is 5.94. The van der Waals surface area contributed by atoms with Crippen LogP contribution >= 0.6 is 39.1 Å². The van der Waals surface area contributed by atoms with Crippen molar-refractivity contribution in [3.63, 3.8) is 0 Å². The molecular weight excluding hydrogens is 505 g/mol. The van der Waals surface area contributed by atoms with Gasteiger partial charge in [0.05, 0.1) is 10.7 Å². The van der Waals surface area contributed by atoms with Crippen LogP contribution in [0.25, 0.3) is 10.4 Å². The first-order chi connectivity index (χ1) is 13.8. The van der Waals surface area contributed by atoms with Crippen molar-refractivity contribution in [3.8, 4) is 11.5 Å². The number of nitrogens with zero attached hydrogens (tertiary/aromatic N) is 4. The number of sulfonamides is 1. The Labute approximate surface area is 184 Å². The Kier molecular flexibility index (Phi) is 6.51. The molecule has 0 saturated carbocycles. The van der Waals surface area contributed by atoms with E-state index in [0.717, 1.165) is 6.20 Å². The second-order valence-electron chi connectivity index (χ2n) is 5.44. The first kappa shape index (κ1) is 21.2. The van der Waals surface area contributed by atoms with Gasteiger partial charge < -0.3 is 4.74 Å². The zero-order valence-electron chi connectivity index (χ0n) is 14.3. The predicted octanol–water partition coefficient (Wildman–Crippen LogP) is 6.69. The Morgan fingerprint density at radius 1 is 1.14 bits per heavy atom. The molecule has 0 atom stereocenters. The van der Waals surface area contributed by atoms with Crippen LogP contribution in [0.3, 0.4) is 0 Å². The molecule has 1 N–H and O–H groups in total. The highest BCUT2D eigenvalue weighted by Crippen LogP contribution is 2.36. The zero-order valence-corrected chi connectivity index (χ0v) is 18.2. The quantitative estimate of drug-likeness (QED) is 0.224. The van der Waals surface area contributed by atoms with Crippen molar-refractivity contribution >= 4 is 60.7 Å². The topological polar surface area (TPSA) is 117 Å². The van der Waals surface area contributed by atoms with Gasteiger partial charge in [-0.15, -0.1) is 0 Å². The second-order valence-corrected chi connectivity index (χ2v) is 8.82. The lowest BCUT2D eigenvalue weighted by atomic mass is 10.3. The number of pyridine rings is 1. The number of para-hydroxylation sites is 2. The summed E-state index contributed by atoms with van der Waals surface area (Å²) in [5.74, 6) is 0.566. The monoisotopic (exact) mass is 513 g/mol. The van der Waals surface area contributed by atoms with Gasteiger partial charge >= 0.3 is 0 Å². The van der Waals surface area contributed by atoms with Gasteiger partial charge in [0.15, 0.2) is 5.75 Å². The standard InChI is InChI=1S/C17H10BrCl2N5O3S/c18-12-8-11(9-22-17(12)23-25-21)29(26,27)24-14-3-1-2-4-16(14)28-15-6-5-10(19)7-13(15)20/h1-9,24H. The van der Waals surface area contributed by atoms with E-state index in [9.17, 15) is 8.42 Å². The van der Waals surface area contributed by atoms with Crippen molar-refractivity contribution in [2.24, 2.45) is 5.11 Å². The number of ether oxygens (including phenoxy) is 1. The molecule has 148 valence electrons. The average molecular weight is 515 g/mol. The van der Waals surface area contributed by atoms with Gasteiger partial charge in [-0.25, -0.2) is 8.42 Å².